The molecule has 0 amide bonds. The summed E-state index contributed by atoms with van der Waals surface area (Å²) in [6.07, 6.45) is 3.05. The molecule has 2 aliphatic rings. The molecule has 0 N–H and O–H groups in total. The number of carbonyl (C=O) groups is 1. The van der Waals surface area contributed by atoms with E-state index < -0.39 is 8.32 Å². The van der Waals surface area contributed by atoms with Crippen molar-refractivity contribution < 1.29 is 9.22 Å². The lowest BCUT2D eigenvalue weighted by molar-refractivity contribution is -0.125. The van der Waals surface area contributed by atoms with Gasteiger partial charge in [-0.3, -0.25) is 4.79 Å². The Hall–Kier alpha value is -0.413. The number of hydrogen-bond acceptors (Lipinski definition) is 2. The maximum absolute atomic E-state index is 11.6. The van der Waals surface area contributed by atoms with Gasteiger partial charge in [-0.2, -0.15) is 0 Å². The minimum absolute atomic E-state index is 0.241. The predicted octanol–water partition coefficient (Wildman–Crippen LogP) is 3.54. The molecule has 0 spiro atoms. The van der Waals surface area contributed by atoms with Gasteiger partial charge in [0, 0.05) is 11.8 Å². The van der Waals surface area contributed by atoms with Gasteiger partial charge in [-0.25, -0.2) is 0 Å². The Labute approximate surface area is 106 Å². The number of ketones is 1. The Morgan fingerprint density at radius 1 is 1.35 bits per heavy atom. The van der Waals surface area contributed by atoms with Crippen molar-refractivity contribution in [3.05, 3.63) is 11.6 Å². The summed E-state index contributed by atoms with van der Waals surface area (Å²) in [7, 11) is -1.69. The number of fused-ring (bicyclic) bond motifs is 1. The summed E-state index contributed by atoms with van der Waals surface area (Å²) < 4.78 is 6.42. The summed E-state index contributed by atoms with van der Waals surface area (Å²) >= 11 is 0. The van der Waals surface area contributed by atoms with Gasteiger partial charge >= 0.3 is 0 Å². The van der Waals surface area contributed by atoms with Crippen molar-refractivity contribution >= 4 is 14.1 Å². The first-order valence-corrected chi connectivity index (χ1v) is 9.44. The molecule has 0 saturated heterocycles. The molecule has 1 fully saturated rings. The van der Waals surface area contributed by atoms with Crippen molar-refractivity contribution in [3.63, 3.8) is 0 Å². The van der Waals surface area contributed by atoms with Gasteiger partial charge in [-0.15, -0.1) is 0 Å². The SMILES string of the molecule is CC1=CC(=O)[C@@H]2C[C@H](O[Si](C)(C)C(C)(C)C)[C@H]12. The zero-order chi connectivity index (χ0) is 13.0. The van der Waals surface area contributed by atoms with Gasteiger partial charge in [0.1, 0.15) is 0 Å². The number of carbonyl (C=O) groups excluding carboxylic acids is 1. The molecule has 3 atom stereocenters. The zero-order valence-corrected chi connectivity index (χ0v) is 12.8. The lowest BCUT2D eigenvalue weighted by atomic mass is 9.70. The van der Waals surface area contributed by atoms with Gasteiger partial charge in [0.25, 0.3) is 0 Å². The van der Waals surface area contributed by atoms with Crippen LogP contribution in [0.4, 0.5) is 0 Å². The van der Waals surface area contributed by atoms with E-state index in [4.69, 9.17) is 4.43 Å². The third-order valence-corrected chi connectivity index (χ3v) is 9.34. The Morgan fingerprint density at radius 2 is 1.94 bits per heavy atom. The minimum Gasteiger partial charge on any atom is -0.413 e. The second-order valence-corrected chi connectivity index (χ2v) is 11.8. The molecule has 3 heteroatoms. The summed E-state index contributed by atoms with van der Waals surface area (Å²) in [5.74, 6) is 0.948. The average molecular weight is 252 g/mol. The molecule has 0 bridgehead atoms. The summed E-state index contributed by atoms with van der Waals surface area (Å²) in [5.41, 5.74) is 1.23. The van der Waals surface area contributed by atoms with E-state index in [0.717, 1.165) is 6.42 Å². The topological polar surface area (TPSA) is 26.3 Å². The molecular formula is C14H24O2Si. The molecule has 0 aromatic carbocycles. The second-order valence-electron chi connectivity index (χ2n) is 7.08. The predicted molar refractivity (Wildman–Crippen MR) is 72.4 cm³/mol. The van der Waals surface area contributed by atoms with Crippen molar-refractivity contribution in [2.24, 2.45) is 11.8 Å². The highest BCUT2D eigenvalue weighted by molar-refractivity contribution is 6.74. The molecule has 0 aliphatic heterocycles. The summed E-state index contributed by atoms with van der Waals surface area (Å²) in [6, 6.07) is 0. The fraction of sp³-hybridized carbons (Fsp3) is 0.786. The first-order chi connectivity index (χ1) is 7.63. The Morgan fingerprint density at radius 3 is 2.41 bits per heavy atom. The van der Waals surface area contributed by atoms with E-state index in [1.54, 1.807) is 0 Å². The monoisotopic (exact) mass is 252 g/mol. The molecule has 1 saturated carbocycles. The van der Waals surface area contributed by atoms with Crippen molar-refractivity contribution in [2.75, 3.05) is 0 Å². The normalized spacial score (nSPS) is 33.2. The molecule has 0 aromatic rings. The third kappa shape index (κ3) is 2.04. The van der Waals surface area contributed by atoms with Crippen LogP contribution in [0, 0.1) is 11.8 Å². The molecule has 0 radical (unpaired) electrons. The van der Waals surface area contributed by atoms with Crippen LogP contribution in [-0.2, 0) is 9.22 Å². The molecule has 96 valence electrons. The minimum atomic E-state index is -1.69. The quantitative estimate of drug-likeness (QED) is 0.703. The largest absolute Gasteiger partial charge is 0.413 e. The van der Waals surface area contributed by atoms with Crippen LogP contribution in [0.25, 0.3) is 0 Å². The van der Waals surface area contributed by atoms with E-state index in [-0.39, 0.29) is 11.0 Å². The highest BCUT2D eigenvalue weighted by Gasteiger charge is 2.52. The first kappa shape index (κ1) is 13.0. The Balaban J connectivity index is 2.05. The van der Waals surface area contributed by atoms with E-state index in [1.807, 2.05) is 6.08 Å². The van der Waals surface area contributed by atoms with Crippen molar-refractivity contribution in [3.8, 4) is 0 Å². The smallest absolute Gasteiger partial charge is 0.192 e. The standard InChI is InChI=1S/C14H24O2Si/c1-9-7-11(15)10-8-12(13(9)10)16-17(5,6)14(2,3)4/h7,10,12-13H,8H2,1-6H3/t10-,12-,13+/m0/s1. The van der Waals surface area contributed by atoms with E-state index in [2.05, 4.69) is 40.8 Å². The van der Waals surface area contributed by atoms with Crippen molar-refractivity contribution in [1.82, 2.24) is 0 Å². The summed E-state index contributed by atoms with van der Waals surface area (Å²) in [5, 5.41) is 0.248. The van der Waals surface area contributed by atoms with Gasteiger partial charge in [0.05, 0.1) is 6.10 Å². The molecule has 2 rings (SSSR count). The average Bonchev–Trinajstić information content (AvgIpc) is 2.29. The van der Waals surface area contributed by atoms with Crippen LogP contribution >= 0.6 is 0 Å². The number of hydrogen-bond donors (Lipinski definition) is 0. The lowest BCUT2D eigenvalue weighted by Crippen LogP contribution is -2.52. The van der Waals surface area contributed by atoms with Crippen LogP contribution in [-0.4, -0.2) is 20.2 Å². The Bertz CT molecular complexity index is 376. The van der Waals surface area contributed by atoms with Crippen LogP contribution in [0.5, 0.6) is 0 Å². The van der Waals surface area contributed by atoms with Gasteiger partial charge in [-0.05, 0) is 37.6 Å². The highest BCUT2D eigenvalue weighted by Crippen LogP contribution is 2.49. The molecule has 17 heavy (non-hydrogen) atoms. The molecule has 0 unspecified atom stereocenters. The summed E-state index contributed by atoms with van der Waals surface area (Å²) in [4.78, 5) is 11.6. The van der Waals surface area contributed by atoms with Gasteiger partial charge in [0.15, 0.2) is 14.1 Å². The number of rotatable bonds is 2. The maximum Gasteiger partial charge on any atom is 0.192 e. The number of allylic oxidation sites excluding steroid dienone is 1. The maximum atomic E-state index is 11.6. The van der Waals surface area contributed by atoms with Gasteiger partial charge < -0.3 is 4.43 Å². The highest BCUT2D eigenvalue weighted by atomic mass is 28.4. The molecule has 2 aliphatic carbocycles. The van der Waals surface area contributed by atoms with Crippen LogP contribution in [0.15, 0.2) is 11.6 Å². The third-order valence-electron chi connectivity index (χ3n) is 4.83. The molecule has 0 heterocycles. The van der Waals surface area contributed by atoms with E-state index in [1.165, 1.54) is 5.57 Å². The Kier molecular flexibility index (Phi) is 2.90. The zero-order valence-electron chi connectivity index (χ0n) is 11.8. The fourth-order valence-corrected chi connectivity index (χ4v) is 3.97. The van der Waals surface area contributed by atoms with E-state index >= 15 is 0 Å². The van der Waals surface area contributed by atoms with E-state index in [9.17, 15) is 4.79 Å². The molecule has 0 aromatic heterocycles. The van der Waals surface area contributed by atoms with Crippen LogP contribution < -0.4 is 0 Å². The lowest BCUT2D eigenvalue weighted by Gasteiger charge is -2.47. The van der Waals surface area contributed by atoms with Crippen molar-refractivity contribution in [2.45, 2.75) is 58.4 Å². The molecule has 2 nitrogen and oxygen atoms in total. The molecular weight excluding hydrogens is 228 g/mol. The van der Waals surface area contributed by atoms with Crippen LogP contribution in [0.3, 0.4) is 0 Å². The second kappa shape index (κ2) is 3.79. The van der Waals surface area contributed by atoms with Gasteiger partial charge in [0.2, 0.25) is 0 Å². The fourth-order valence-electron chi connectivity index (χ4n) is 2.61. The van der Waals surface area contributed by atoms with Gasteiger partial charge in [-0.1, -0.05) is 26.3 Å². The summed E-state index contributed by atoms with van der Waals surface area (Å²) in [6.45, 7) is 13.4. The van der Waals surface area contributed by atoms with Crippen LogP contribution in [0.1, 0.15) is 34.1 Å². The first-order valence-electron chi connectivity index (χ1n) is 6.53. The van der Waals surface area contributed by atoms with Crippen molar-refractivity contribution in [1.29, 1.82) is 0 Å². The van der Waals surface area contributed by atoms with Crippen LogP contribution in [0.2, 0.25) is 18.1 Å². The van der Waals surface area contributed by atoms with E-state index in [0.29, 0.717) is 17.8 Å².